The maximum Gasteiger partial charge on any atom is 0.292 e. The highest BCUT2D eigenvalue weighted by Gasteiger charge is 2.17. The number of benzene rings is 2. The van der Waals surface area contributed by atoms with E-state index in [9.17, 15) is 4.79 Å². The number of Topliss-reactive ketones (excluding diaryl/α,β-unsaturated/α-hetero) is 1. The zero-order valence-electron chi connectivity index (χ0n) is 15.9. The fraction of sp³-hybridized carbons (Fsp3) is 0.364. The highest BCUT2D eigenvalue weighted by molar-refractivity contribution is 5.87. The smallest absolute Gasteiger partial charge is 0.292 e. The lowest BCUT2D eigenvalue weighted by Gasteiger charge is -2.19. The van der Waals surface area contributed by atoms with Crippen LogP contribution >= 0.6 is 0 Å². The number of hydrogen-bond acceptors (Lipinski definition) is 4. The largest absolute Gasteiger partial charge is 0.424 e. The van der Waals surface area contributed by atoms with Gasteiger partial charge in [-0.2, -0.15) is 4.98 Å². The number of anilines is 1. The van der Waals surface area contributed by atoms with E-state index in [0.717, 1.165) is 12.0 Å². The van der Waals surface area contributed by atoms with E-state index >= 15 is 0 Å². The summed E-state index contributed by atoms with van der Waals surface area (Å²) < 4.78 is 5.36. The van der Waals surface area contributed by atoms with Crippen molar-refractivity contribution in [3.05, 3.63) is 59.2 Å². The highest BCUT2D eigenvalue weighted by Crippen LogP contribution is 2.26. The molecule has 3 aromatic rings. The number of aromatic nitrogens is 1. The summed E-state index contributed by atoms with van der Waals surface area (Å²) in [7, 11) is 0. The molecule has 3 rings (SSSR count). The Morgan fingerprint density at radius 1 is 1.15 bits per heavy atom. The van der Waals surface area contributed by atoms with Gasteiger partial charge < -0.3 is 10.2 Å². The first-order chi connectivity index (χ1) is 12.2. The molecule has 0 radical (unpaired) electrons. The number of hydrogen-bond donors (Lipinski definition) is 1. The molecule has 2 N–H and O–H groups in total. The molecule has 2 aromatic carbocycles. The molecule has 0 saturated carbocycles. The van der Waals surface area contributed by atoms with E-state index in [1.54, 1.807) is 0 Å². The van der Waals surface area contributed by atoms with Crippen LogP contribution in [0.1, 0.15) is 56.7 Å². The molecule has 0 aliphatic heterocycles. The fourth-order valence-electron chi connectivity index (χ4n) is 3.07. The van der Waals surface area contributed by atoms with Crippen LogP contribution in [0.2, 0.25) is 0 Å². The highest BCUT2D eigenvalue weighted by atomic mass is 16.4. The van der Waals surface area contributed by atoms with Gasteiger partial charge in [0.1, 0.15) is 11.3 Å². The number of aryl methyl sites for hydroxylation is 1. The normalized spacial score (nSPS) is 13.1. The average Bonchev–Trinajstić information content (AvgIpc) is 2.97. The van der Waals surface area contributed by atoms with Gasteiger partial charge in [0, 0.05) is 12.3 Å². The van der Waals surface area contributed by atoms with Crippen molar-refractivity contribution in [1.29, 1.82) is 0 Å². The number of rotatable bonds is 5. The summed E-state index contributed by atoms with van der Waals surface area (Å²) in [5, 5.41) is 0. The van der Waals surface area contributed by atoms with E-state index in [-0.39, 0.29) is 23.1 Å². The zero-order chi connectivity index (χ0) is 18.9. The Morgan fingerprint density at radius 2 is 1.85 bits per heavy atom. The van der Waals surface area contributed by atoms with Crippen molar-refractivity contribution in [3.63, 3.8) is 0 Å². The minimum Gasteiger partial charge on any atom is -0.424 e. The minimum atomic E-state index is -0.181. The molecule has 4 heteroatoms. The van der Waals surface area contributed by atoms with Crippen molar-refractivity contribution < 1.29 is 9.21 Å². The third-order valence-electron chi connectivity index (χ3n) is 4.89. The topological polar surface area (TPSA) is 69.1 Å². The number of ketones is 1. The molecule has 0 aliphatic rings. The molecule has 4 nitrogen and oxygen atoms in total. The summed E-state index contributed by atoms with van der Waals surface area (Å²) in [6.45, 7) is 8.54. The number of carbonyl (C=O) groups is 1. The number of oxazole rings is 1. The van der Waals surface area contributed by atoms with E-state index < -0.39 is 0 Å². The van der Waals surface area contributed by atoms with Gasteiger partial charge in [-0.3, -0.25) is 4.79 Å². The van der Waals surface area contributed by atoms with Gasteiger partial charge in [0.2, 0.25) is 0 Å². The second-order valence-electron chi connectivity index (χ2n) is 7.91. The van der Waals surface area contributed by atoms with Gasteiger partial charge in [0.05, 0.1) is 0 Å². The van der Waals surface area contributed by atoms with Crippen LogP contribution in [0, 0.1) is 0 Å². The maximum absolute atomic E-state index is 12.6. The maximum atomic E-state index is 12.6. The Morgan fingerprint density at radius 3 is 2.50 bits per heavy atom. The lowest BCUT2D eigenvalue weighted by Crippen LogP contribution is -2.11. The van der Waals surface area contributed by atoms with Crippen LogP contribution in [0.5, 0.6) is 0 Å². The first kappa shape index (κ1) is 18.2. The van der Waals surface area contributed by atoms with Crippen LogP contribution in [-0.4, -0.2) is 10.8 Å². The molecule has 0 bridgehead atoms. The first-order valence-electron chi connectivity index (χ1n) is 9.02. The Kier molecular flexibility index (Phi) is 4.86. The van der Waals surface area contributed by atoms with E-state index in [2.05, 4.69) is 50.0 Å². The minimum absolute atomic E-state index is 0.144. The second kappa shape index (κ2) is 6.94. The van der Waals surface area contributed by atoms with Gasteiger partial charge >= 0.3 is 0 Å². The van der Waals surface area contributed by atoms with Crippen molar-refractivity contribution in [1.82, 2.24) is 4.98 Å². The quantitative estimate of drug-likeness (QED) is 0.702. The first-order valence-corrected chi connectivity index (χ1v) is 9.02. The number of nitrogens with zero attached hydrogens (tertiary/aromatic N) is 1. The molecule has 0 saturated heterocycles. The molecule has 26 heavy (non-hydrogen) atoms. The van der Waals surface area contributed by atoms with Crippen molar-refractivity contribution in [2.24, 2.45) is 0 Å². The molecule has 1 heterocycles. The monoisotopic (exact) mass is 350 g/mol. The van der Waals surface area contributed by atoms with Crippen LogP contribution in [0.4, 0.5) is 6.01 Å². The predicted molar refractivity (Wildman–Crippen MR) is 105 cm³/mol. The summed E-state index contributed by atoms with van der Waals surface area (Å²) in [5.74, 6) is 0.0382. The summed E-state index contributed by atoms with van der Waals surface area (Å²) in [6, 6.07) is 14.3. The summed E-state index contributed by atoms with van der Waals surface area (Å²) in [6.07, 6.45) is 1.28. The Labute approximate surface area is 154 Å². The average molecular weight is 350 g/mol. The van der Waals surface area contributed by atoms with E-state index in [4.69, 9.17) is 10.2 Å². The van der Waals surface area contributed by atoms with Crippen LogP contribution in [0.25, 0.3) is 11.1 Å². The molecule has 0 amide bonds. The van der Waals surface area contributed by atoms with Gasteiger partial charge in [-0.15, -0.1) is 0 Å². The Balaban J connectivity index is 1.65. The SMILES string of the molecule is CC(C(=O)CCc1ccc(C(C)(C)C)cc1)c1ccc2nc(N)oc2c1. The van der Waals surface area contributed by atoms with Crippen molar-refractivity contribution >= 4 is 22.9 Å². The van der Waals surface area contributed by atoms with E-state index in [1.165, 1.54) is 11.1 Å². The molecule has 136 valence electrons. The molecule has 1 atom stereocenters. The fourth-order valence-corrected chi connectivity index (χ4v) is 3.07. The number of nitrogen functional groups attached to an aromatic ring is 1. The summed E-state index contributed by atoms with van der Waals surface area (Å²) in [4.78, 5) is 16.7. The number of carbonyl (C=O) groups excluding carboxylic acids is 1. The van der Waals surface area contributed by atoms with Gasteiger partial charge in [-0.25, -0.2) is 0 Å². The Hall–Kier alpha value is -2.62. The third-order valence-corrected chi connectivity index (χ3v) is 4.89. The van der Waals surface area contributed by atoms with Crippen LogP contribution in [-0.2, 0) is 16.6 Å². The standard InChI is InChI=1S/C22H26N2O2/c1-14(16-8-11-18-20(13-16)26-21(23)24-18)19(25)12-7-15-5-9-17(10-6-15)22(2,3)4/h5-6,8-11,13-14H,7,12H2,1-4H3,(H2,23,24). The van der Waals surface area contributed by atoms with Crippen molar-refractivity contribution in [2.45, 2.75) is 51.9 Å². The molecule has 0 fully saturated rings. The second-order valence-corrected chi connectivity index (χ2v) is 7.91. The molecule has 0 spiro atoms. The van der Waals surface area contributed by atoms with Crippen LogP contribution < -0.4 is 5.73 Å². The van der Waals surface area contributed by atoms with Gasteiger partial charge in [0.15, 0.2) is 5.58 Å². The third kappa shape index (κ3) is 3.96. The van der Waals surface area contributed by atoms with Gasteiger partial charge in [0.25, 0.3) is 6.01 Å². The number of nitrogens with two attached hydrogens (primary N) is 1. The van der Waals surface area contributed by atoms with Crippen LogP contribution in [0.3, 0.4) is 0 Å². The van der Waals surface area contributed by atoms with Gasteiger partial charge in [-0.1, -0.05) is 58.0 Å². The zero-order valence-corrected chi connectivity index (χ0v) is 15.9. The van der Waals surface area contributed by atoms with Crippen molar-refractivity contribution in [2.75, 3.05) is 5.73 Å². The molecule has 1 aromatic heterocycles. The van der Waals surface area contributed by atoms with E-state index in [0.29, 0.717) is 17.5 Å². The lowest BCUT2D eigenvalue weighted by atomic mass is 9.86. The molecule has 1 unspecified atom stereocenters. The molecule has 0 aliphatic carbocycles. The predicted octanol–water partition coefficient (Wildman–Crippen LogP) is 5.01. The Bertz CT molecular complexity index is 917. The molecular formula is C22H26N2O2. The number of fused-ring (bicyclic) bond motifs is 1. The van der Waals surface area contributed by atoms with Gasteiger partial charge in [-0.05, 0) is 40.7 Å². The van der Waals surface area contributed by atoms with Crippen molar-refractivity contribution in [3.8, 4) is 0 Å². The lowest BCUT2D eigenvalue weighted by molar-refractivity contribution is -0.120. The van der Waals surface area contributed by atoms with E-state index in [1.807, 2.05) is 25.1 Å². The summed E-state index contributed by atoms with van der Waals surface area (Å²) in [5.41, 5.74) is 10.5. The summed E-state index contributed by atoms with van der Waals surface area (Å²) >= 11 is 0. The van der Waals surface area contributed by atoms with Crippen LogP contribution in [0.15, 0.2) is 46.9 Å². The molecular weight excluding hydrogens is 324 g/mol.